The highest BCUT2D eigenvalue weighted by atomic mass is 16.1. The summed E-state index contributed by atoms with van der Waals surface area (Å²) in [5, 5.41) is 2.09. The molecule has 2 aromatic heterocycles. The van der Waals surface area contributed by atoms with Crippen LogP contribution in [0.15, 0.2) is 47.5 Å². The molecule has 0 saturated carbocycles. The summed E-state index contributed by atoms with van der Waals surface area (Å²) in [5.41, 5.74) is 1.42. The normalized spacial score (nSPS) is 11.2. The Labute approximate surface area is 116 Å². The number of nitrogens with one attached hydrogen (secondary N) is 1. The third-order valence-corrected chi connectivity index (χ3v) is 3.25. The first-order chi connectivity index (χ1) is 9.65. The molecule has 0 unspecified atom stereocenters. The van der Waals surface area contributed by atoms with Crippen LogP contribution in [0.1, 0.15) is 25.6 Å². The number of nitrogens with zero attached hydrogens (tertiary/aromatic N) is 2. The van der Waals surface area contributed by atoms with Crippen molar-refractivity contribution in [3.63, 3.8) is 0 Å². The van der Waals surface area contributed by atoms with E-state index in [9.17, 15) is 4.79 Å². The van der Waals surface area contributed by atoms with E-state index in [-0.39, 0.29) is 11.5 Å². The summed E-state index contributed by atoms with van der Waals surface area (Å²) in [6, 6.07) is 9.49. The Balaban J connectivity index is 2.28. The van der Waals surface area contributed by atoms with Crippen LogP contribution >= 0.6 is 0 Å². The smallest absolute Gasteiger partial charge is 0.251 e. The van der Waals surface area contributed by atoms with Gasteiger partial charge in [-0.05, 0) is 5.39 Å². The van der Waals surface area contributed by atoms with Crippen LogP contribution in [0.2, 0.25) is 0 Å². The summed E-state index contributed by atoms with van der Waals surface area (Å²) in [6.45, 7) is 4.01. The first kappa shape index (κ1) is 12.5. The third kappa shape index (κ3) is 2.20. The SMILES string of the molecule is CC(C)c1nc(-c2cncc3ccccc23)cc(=O)[nH]1. The van der Waals surface area contributed by atoms with E-state index < -0.39 is 0 Å². The van der Waals surface area contributed by atoms with Gasteiger partial charge in [-0.2, -0.15) is 0 Å². The quantitative estimate of drug-likeness (QED) is 0.774. The molecule has 0 atom stereocenters. The van der Waals surface area contributed by atoms with Crippen molar-refractivity contribution < 1.29 is 0 Å². The Morgan fingerprint density at radius 3 is 2.75 bits per heavy atom. The molecule has 2 heterocycles. The fraction of sp³-hybridized carbons (Fsp3) is 0.188. The number of pyridine rings is 1. The van der Waals surface area contributed by atoms with Crippen LogP contribution in [0.4, 0.5) is 0 Å². The minimum Gasteiger partial charge on any atom is -0.310 e. The van der Waals surface area contributed by atoms with Gasteiger partial charge >= 0.3 is 0 Å². The predicted octanol–water partition coefficient (Wildman–Crippen LogP) is 3.11. The van der Waals surface area contributed by atoms with E-state index in [2.05, 4.69) is 15.0 Å². The van der Waals surface area contributed by atoms with Gasteiger partial charge in [-0.3, -0.25) is 9.78 Å². The maximum atomic E-state index is 11.8. The number of aromatic amines is 1. The van der Waals surface area contributed by atoms with Gasteiger partial charge in [0.25, 0.3) is 5.56 Å². The van der Waals surface area contributed by atoms with Crippen molar-refractivity contribution in [3.8, 4) is 11.3 Å². The maximum Gasteiger partial charge on any atom is 0.251 e. The van der Waals surface area contributed by atoms with Crippen molar-refractivity contribution >= 4 is 10.8 Å². The molecule has 0 amide bonds. The zero-order valence-corrected chi connectivity index (χ0v) is 11.4. The lowest BCUT2D eigenvalue weighted by Crippen LogP contribution is -2.12. The second kappa shape index (κ2) is 4.89. The van der Waals surface area contributed by atoms with Gasteiger partial charge in [-0.25, -0.2) is 4.98 Å². The highest BCUT2D eigenvalue weighted by molar-refractivity contribution is 5.94. The number of fused-ring (bicyclic) bond motifs is 1. The van der Waals surface area contributed by atoms with Gasteiger partial charge in [-0.15, -0.1) is 0 Å². The van der Waals surface area contributed by atoms with Crippen LogP contribution in [0.25, 0.3) is 22.0 Å². The van der Waals surface area contributed by atoms with Crippen LogP contribution in [-0.2, 0) is 0 Å². The lowest BCUT2D eigenvalue weighted by molar-refractivity contribution is 0.768. The molecule has 0 radical (unpaired) electrons. The molecule has 1 N–H and O–H groups in total. The van der Waals surface area contributed by atoms with Crippen molar-refractivity contribution in [1.29, 1.82) is 0 Å². The molecule has 3 rings (SSSR count). The Morgan fingerprint density at radius 2 is 1.95 bits per heavy atom. The average molecular weight is 265 g/mol. The largest absolute Gasteiger partial charge is 0.310 e. The highest BCUT2D eigenvalue weighted by Crippen LogP contribution is 2.25. The van der Waals surface area contributed by atoms with Crippen molar-refractivity contribution in [2.45, 2.75) is 19.8 Å². The van der Waals surface area contributed by atoms with Gasteiger partial charge in [0.2, 0.25) is 0 Å². The fourth-order valence-electron chi connectivity index (χ4n) is 2.21. The van der Waals surface area contributed by atoms with E-state index in [0.29, 0.717) is 11.5 Å². The second-order valence-electron chi connectivity index (χ2n) is 5.08. The number of rotatable bonds is 2. The molecule has 0 fully saturated rings. The molecule has 0 saturated heterocycles. The summed E-state index contributed by atoms with van der Waals surface area (Å²) in [4.78, 5) is 23.4. The summed E-state index contributed by atoms with van der Waals surface area (Å²) in [5.74, 6) is 0.867. The molecule has 0 aliphatic rings. The summed E-state index contributed by atoms with van der Waals surface area (Å²) in [7, 11) is 0. The Hall–Kier alpha value is -2.49. The van der Waals surface area contributed by atoms with Crippen molar-refractivity contribution in [2.75, 3.05) is 0 Å². The number of hydrogen-bond donors (Lipinski definition) is 1. The van der Waals surface area contributed by atoms with Gasteiger partial charge in [-0.1, -0.05) is 38.1 Å². The Bertz CT molecular complexity index is 816. The van der Waals surface area contributed by atoms with Crippen LogP contribution in [0.5, 0.6) is 0 Å². The van der Waals surface area contributed by atoms with Gasteiger partial charge in [0, 0.05) is 35.3 Å². The minimum atomic E-state index is -0.133. The zero-order valence-electron chi connectivity index (χ0n) is 11.4. The Morgan fingerprint density at radius 1 is 1.15 bits per heavy atom. The van der Waals surface area contributed by atoms with Crippen molar-refractivity contribution in [3.05, 3.63) is 58.9 Å². The fourth-order valence-corrected chi connectivity index (χ4v) is 2.21. The first-order valence-electron chi connectivity index (χ1n) is 6.59. The van der Waals surface area contributed by atoms with E-state index >= 15 is 0 Å². The summed E-state index contributed by atoms with van der Waals surface area (Å²) >= 11 is 0. The van der Waals surface area contributed by atoms with E-state index in [1.54, 1.807) is 6.20 Å². The Kier molecular flexibility index (Phi) is 3.06. The molecule has 0 bridgehead atoms. The summed E-state index contributed by atoms with van der Waals surface area (Å²) < 4.78 is 0. The molecule has 4 nitrogen and oxygen atoms in total. The van der Waals surface area contributed by atoms with Gasteiger partial charge in [0.15, 0.2) is 0 Å². The molecule has 3 aromatic rings. The molecule has 0 aliphatic carbocycles. The van der Waals surface area contributed by atoms with Crippen LogP contribution < -0.4 is 5.56 Å². The summed E-state index contributed by atoms with van der Waals surface area (Å²) in [6.07, 6.45) is 3.57. The van der Waals surface area contributed by atoms with E-state index in [1.165, 1.54) is 6.07 Å². The lowest BCUT2D eigenvalue weighted by atomic mass is 10.1. The number of hydrogen-bond acceptors (Lipinski definition) is 3. The number of H-pyrrole nitrogens is 1. The van der Waals surface area contributed by atoms with E-state index in [0.717, 1.165) is 16.3 Å². The second-order valence-corrected chi connectivity index (χ2v) is 5.08. The first-order valence-corrected chi connectivity index (χ1v) is 6.59. The molecular weight excluding hydrogens is 250 g/mol. The predicted molar refractivity (Wildman–Crippen MR) is 79.7 cm³/mol. The molecule has 0 aliphatic heterocycles. The van der Waals surface area contributed by atoms with E-state index in [4.69, 9.17) is 0 Å². The highest BCUT2D eigenvalue weighted by Gasteiger charge is 2.09. The molecule has 1 aromatic carbocycles. The molecule has 4 heteroatoms. The number of benzene rings is 1. The molecule has 100 valence electrons. The molecule has 20 heavy (non-hydrogen) atoms. The van der Waals surface area contributed by atoms with Crippen molar-refractivity contribution in [2.24, 2.45) is 0 Å². The lowest BCUT2D eigenvalue weighted by Gasteiger charge is -2.08. The van der Waals surface area contributed by atoms with Crippen LogP contribution in [0.3, 0.4) is 0 Å². The zero-order chi connectivity index (χ0) is 14.1. The van der Waals surface area contributed by atoms with Crippen LogP contribution in [-0.4, -0.2) is 15.0 Å². The van der Waals surface area contributed by atoms with Gasteiger partial charge < -0.3 is 4.98 Å². The standard InChI is InChI=1S/C16H15N3O/c1-10(2)16-18-14(7-15(20)19-16)13-9-17-8-11-5-3-4-6-12(11)13/h3-10H,1-2H3,(H,18,19,20). The van der Waals surface area contributed by atoms with Gasteiger partial charge in [0.05, 0.1) is 5.69 Å². The van der Waals surface area contributed by atoms with E-state index in [1.807, 2.05) is 44.3 Å². The molecular formula is C16H15N3O. The topological polar surface area (TPSA) is 58.6 Å². The third-order valence-electron chi connectivity index (χ3n) is 3.25. The van der Waals surface area contributed by atoms with Crippen LogP contribution in [0, 0.1) is 0 Å². The monoisotopic (exact) mass is 265 g/mol. The van der Waals surface area contributed by atoms with Gasteiger partial charge in [0.1, 0.15) is 5.82 Å². The average Bonchev–Trinajstić information content (AvgIpc) is 2.46. The number of aromatic nitrogens is 3. The maximum absolute atomic E-state index is 11.8. The van der Waals surface area contributed by atoms with Crippen molar-refractivity contribution in [1.82, 2.24) is 15.0 Å². The molecule has 0 spiro atoms. The minimum absolute atomic E-state index is 0.133.